The lowest BCUT2D eigenvalue weighted by atomic mass is 10.1. The fraction of sp³-hybridized carbons (Fsp3) is 0.467. The lowest BCUT2D eigenvalue weighted by Gasteiger charge is -2.32. The number of hydrogen-bond acceptors (Lipinski definition) is 5. The van der Waals surface area contributed by atoms with Crippen LogP contribution in [-0.4, -0.2) is 57.8 Å². The van der Waals surface area contributed by atoms with Gasteiger partial charge in [-0.1, -0.05) is 12.1 Å². The Kier molecular flexibility index (Phi) is 5.25. The van der Waals surface area contributed by atoms with Crippen LogP contribution in [0.5, 0.6) is 0 Å². The van der Waals surface area contributed by atoms with Crippen molar-refractivity contribution >= 4 is 21.8 Å². The Balaban J connectivity index is 2.12. The number of methoxy groups -OCH3 is 1. The summed E-state index contributed by atoms with van der Waals surface area (Å²) in [5.41, 5.74) is 0.116. The molecule has 1 aliphatic heterocycles. The number of likely N-dealkylation sites (tertiary alicyclic amines) is 1. The molecule has 1 aromatic rings. The first-order valence-electron chi connectivity index (χ1n) is 7.25. The molecule has 0 spiro atoms. The van der Waals surface area contributed by atoms with Gasteiger partial charge in [-0.15, -0.1) is 0 Å². The summed E-state index contributed by atoms with van der Waals surface area (Å²) in [4.78, 5) is 25.5. The van der Waals surface area contributed by atoms with Crippen LogP contribution in [0.15, 0.2) is 29.2 Å². The number of carbonyl (C=O) groups is 2. The topological polar surface area (TPSA) is 92.8 Å². The number of ether oxygens (including phenoxy) is 1. The molecule has 7 nitrogen and oxygen atoms in total. The summed E-state index contributed by atoms with van der Waals surface area (Å²) in [7, 11) is -2.18. The highest BCUT2D eigenvalue weighted by Gasteiger charge is 2.26. The second-order valence-electron chi connectivity index (χ2n) is 5.50. The first-order valence-corrected chi connectivity index (χ1v) is 9.15. The van der Waals surface area contributed by atoms with Crippen molar-refractivity contribution in [2.75, 3.05) is 26.5 Å². The molecule has 0 bridgehead atoms. The van der Waals surface area contributed by atoms with E-state index in [1.54, 1.807) is 12.1 Å². The van der Waals surface area contributed by atoms with Crippen molar-refractivity contribution in [1.82, 2.24) is 10.2 Å². The molecular formula is C15H20N2O5S. The van der Waals surface area contributed by atoms with Crippen molar-refractivity contribution < 1.29 is 22.7 Å². The Bertz CT molecular complexity index is 702. The van der Waals surface area contributed by atoms with Gasteiger partial charge in [0.05, 0.1) is 17.6 Å². The Morgan fingerprint density at radius 2 is 2.00 bits per heavy atom. The molecule has 23 heavy (non-hydrogen) atoms. The number of benzene rings is 1. The second kappa shape index (κ2) is 6.99. The lowest BCUT2D eigenvalue weighted by molar-refractivity contribution is 0.0862. The van der Waals surface area contributed by atoms with E-state index >= 15 is 0 Å². The van der Waals surface area contributed by atoms with E-state index in [4.69, 9.17) is 0 Å². The summed E-state index contributed by atoms with van der Waals surface area (Å²) < 4.78 is 28.2. The summed E-state index contributed by atoms with van der Waals surface area (Å²) in [5.74, 6) is -0.456. The van der Waals surface area contributed by atoms with Crippen LogP contribution in [0.3, 0.4) is 0 Å². The van der Waals surface area contributed by atoms with Crippen LogP contribution < -0.4 is 5.32 Å². The number of nitrogens with zero attached hydrogens (tertiary/aromatic N) is 1. The van der Waals surface area contributed by atoms with E-state index in [-0.39, 0.29) is 16.5 Å². The zero-order valence-corrected chi connectivity index (χ0v) is 13.9. The van der Waals surface area contributed by atoms with E-state index in [2.05, 4.69) is 10.1 Å². The van der Waals surface area contributed by atoms with E-state index in [1.807, 2.05) is 0 Å². The van der Waals surface area contributed by atoms with Crippen molar-refractivity contribution in [2.45, 2.75) is 23.8 Å². The average Bonchev–Trinajstić information content (AvgIpc) is 2.53. The third-order valence-corrected chi connectivity index (χ3v) is 4.88. The number of sulfone groups is 1. The van der Waals surface area contributed by atoms with Gasteiger partial charge in [-0.3, -0.25) is 4.79 Å². The fourth-order valence-corrected chi connectivity index (χ4v) is 3.52. The van der Waals surface area contributed by atoms with Gasteiger partial charge in [0.2, 0.25) is 0 Å². The predicted molar refractivity (Wildman–Crippen MR) is 84.0 cm³/mol. The van der Waals surface area contributed by atoms with Gasteiger partial charge in [-0.2, -0.15) is 0 Å². The summed E-state index contributed by atoms with van der Waals surface area (Å²) >= 11 is 0. The number of hydrogen-bond donors (Lipinski definition) is 1. The highest BCUT2D eigenvalue weighted by atomic mass is 32.2. The molecule has 0 saturated carbocycles. The van der Waals surface area contributed by atoms with Gasteiger partial charge in [0.1, 0.15) is 0 Å². The molecule has 1 heterocycles. The van der Waals surface area contributed by atoms with Crippen LogP contribution >= 0.6 is 0 Å². The normalized spacial score (nSPS) is 18.3. The molecule has 2 amide bonds. The van der Waals surface area contributed by atoms with E-state index in [9.17, 15) is 18.0 Å². The monoisotopic (exact) mass is 340 g/mol. The maximum Gasteiger partial charge on any atom is 0.409 e. The van der Waals surface area contributed by atoms with Gasteiger partial charge >= 0.3 is 6.09 Å². The molecule has 126 valence electrons. The summed E-state index contributed by atoms with van der Waals surface area (Å²) in [6, 6.07) is 5.85. The third-order valence-electron chi connectivity index (χ3n) is 3.72. The number of nitrogens with one attached hydrogen (secondary N) is 1. The Hall–Kier alpha value is -2.09. The first kappa shape index (κ1) is 17.3. The largest absolute Gasteiger partial charge is 0.453 e. The first-order chi connectivity index (χ1) is 10.8. The quantitative estimate of drug-likeness (QED) is 0.888. The van der Waals surface area contributed by atoms with Crippen molar-refractivity contribution in [3.8, 4) is 0 Å². The Labute approximate surface area is 135 Å². The van der Waals surface area contributed by atoms with Crippen LogP contribution in [0.1, 0.15) is 23.2 Å². The second-order valence-corrected chi connectivity index (χ2v) is 7.48. The summed E-state index contributed by atoms with van der Waals surface area (Å²) in [6.45, 7) is 0.929. The molecular weight excluding hydrogens is 320 g/mol. The van der Waals surface area contributed by atoms with Crippen molar-refractivity contribution in [2.24, 2.45) is 0 Å². The Morgan fingerprint density at radius 3 is 2.65 bits per heavy atom. The van der Waals surface area contributed by atoms with E-state index in [0.29, 0.717) is 13.1 Å². The zero-order chi connectivity index (χ0) is 17.0. The van der Waals surface area contributed by atoms with Gasteiger partial charge in [0.25, 0.3) is 5.91 Å². The van der Waals surface area contributed by atoms with E-state index < -0.39 is 21.8 Å². The minimum Gasteiger partial charge on any atom is -0.453 e. The number of rotatable bonds is 3. The summed E-state index contributed by atoms with van der Waals surface area (Å²) in [5, 5.41) is 2.80. The molecule has 1 aromatic carbocycles. The molecule has 2 rings (SSSR count). The van der Waals surface area contributed by atoms with Gasteiger partial charge in [0.15, 0.2) is 9.84 Å². The van der Waals surface area contributed by atoms with E-state index in [0.717, 1.165) is 19.1 Å². The molecule has 1 saturated heterocycles. The van der Waals surface area contributed by atoms with Gasteiger partial charge < -0.3 is 15.0 Å². The number of amides is 2. The summed E-state index contributed by atoms with van der Waals surface area (Å²) in [6.07, 6.45) is 2.10. The standard InChI is InChI=1S/C15H20N2O5S/c1-22-15(19)17-9-5-6-11(10-17)16-14(18)12-7-3-4-8-13(12)23(2,20)21/h3-4,7-8,11H,5-6,9-10H2,1-2H3,(H,16,18)/t11-/m0/s1. The number of carbonyl (C=O) groups excluding carboxylic acids is 2. The Morgan fingerprint density at radius 1 is 1.30 bits per heavy atom. The average molecular weight is 340 g/mol. The van der Waals surface area contributed by atoms with Crippen molar-refractivity contribution in [1.29, 1.82) is 0 Å². The molecule has 1 N–H and O–H groups in total. The van der Waals surface area contributed by atoms with Crippen molar-refractivity contribution in [3.63, 3.8) is 0 Å². The molecule has 8 heteroatoms. The van der Waals surface area contributed by atoms with Gasteiger partial charge in [-0.25, -0.2) is 13.2 Å². The van der Waals surface area contributed by atoms with Gasteiger partial charge in [0, 0.05) is 25.4 Å². The molecule has 0 aromatic heterocycles. The maximum absolute atomic E-state index is 12.4. The molecule has 1 aliphatic rings. The lowest BCUT2D eigenvalue weighted by Crippen LogP contribution is -2.49. The predicted octanol–water partition coefficient (Wildman–Crippen LogP) is 1.05. The van der Waals surface area contributed by atoms with Crippen LogP contribution in [0.4, 0.5) is 4.79 Å². The van der Waals surface area contributed by atoms with Crippen molar-refractivity contribution in [3.05, 3.63) is 29.8 Å². The zero-order valence-electron chi connectivity index (χ0n) is 13.1. The van der Waals surface area contributed by atoms with Gasteiger partial charge in [-0.05, 0) is 25.0 Å². The highest BCUT2D eigenvalue weighted by Crippen LogP contribution is 2.17. The molecule has 0 radical (unpaired) electrons. The van der Waals surface area contributed by atoms with E-state index in [1.165, 1.54) is 24.1 Å². The smallest absolute Gasteiger partial charge is 0.409 e. The fourth-order valence-electron chi connectivity index (χ4n) is 2.63. The molecule has 0 aliphatic carbocycles. The van der Waals surface area contributed by atoms with Crippen LogP contribution in [0.25, 0.3) is 0 Å². The van der Waals surface area contributed by atoms with Crippen LogP contribution in [0, 0.1) is 0 Å². The number of piperidine rings is 1. The minimum atomic E-state index is -3.49. The molecule has 1 fully saturated rings. The maximum atomic E-state index is 12.4. The van der Waals surface area contributed by atoms with Crippen LogP contribution in [0.2, 0.25) is 0 Å². The molecule has 0 unspecified atom stereocenters. The SMILES string of the molecule is COC(=O)N1CCC[C@H](NC(=O)c2ccccc2S(C)(=O)=O)C1. The highest BCUT2D eigenvalue weighted by molar-refractivity contribution is 7.90. The third kappa shape index (κ3) is 4.22. The molecule has 1 atom stereocenters. The minimum absolute atomic E-state index is 0.00173. The van der Waals surface area contributed by atoms with Crippen LogP contribution in [-0.2, 0) is 14.6 Å².